The Morgan fingerprint density at radius 2 is 1.84 bits per heavy atom. The molecule has 112 valence electrons. The smallest absolute Gasteiger partial charge is 0.422 e. The van der Waals surface area contributed by atoms with Crippen molar-refractivity contribution in [1.29, 1.82) is 0 Å². The molecule has 1 amide bonds. The number of carbonyl (C=O) groups excluding carboxylic acids is 1. The SMILES string of the molecule is [2H]C([2H])([2H])OC(=O)NNNNNCCCCCCCC(=O)O. The van der Waals surface area contributed by atoms with E-state index in [2.05, 4.69) is 26.8 Å². The van der Waals surface area contributed by atoms with Gasteiger partial charge in [0.2, 0.25) is 0 Å². The fourth-order valence-corrected chi connectivity index (χ4v) is 1.27. The van der Waals surface area contributed by atoms with Crippen molar-refractivity contribution in [1.82, 2.24) is 27.5 Å². The standard InChI is InChI=1S/C10H23N5O4/c1-19-10(18)12-14-15-13-11-8-6-4-2-3-5-7-9(16)17/h11,13-15H,2-8H2,1H3,(H,12,18)(H,16,17)/i1D3. The van der Waals surface area contributed by atoms with Gasteiger partial charge in [0.15, 0.2) is 0 Å². The maximum atomic E-state index is 10.9. The molecule has 0 aromatic carbocycles. The zero-order chi connectivity index (χ0) is 16.8. The number of hydrogen-bond donors (Lipinski definition) is 6. The molecule has 19 heavy (non-hydrogen) atoms. The van der Waals surface area contributed by atoms with E-state index in [1.807, 2.05) is 5.43 Å². The monoisotopic (exact) mass is 280 g/mol. The van der Waals surface area contributed by atoms with Crippen LogP contribution in [0, 0.1) is 0 Å². The Hall–Kier alpha value is -1.42. The van der Waals surface area contributed by atoms with Gasteiger partial charge in [-0.15, -0.1) is 0 Å². The van der Waals surface area contributed by atoms with E-state index >= 15 is 0 Å². The molecular weight excluding hydrogens is 254 g/mol. The van der Waals surface area contributed by atoms with E-state index in [9.17, 15) is 9.59 Å². The predicted octanol–water partition coefficient (Wildman–Crippen LogP) is -0.214. The molecule has 0 radical (unpaired) electrons. The second-order valence-electron chi connectivity index (χ2n) is 3.73. The van der Waals surface area contributed by atoms with Crippen LogP contribution in [0.15, 0.2) is 0 Å². The van der Waals surface area contributed by atoms with Crippen LogP contribution in [0.1, 0.15) is 42.6 Å². The van der Waals surface area contributed by atoms with Gasteiger partial charge in [0.05, 0.1) is 11.2 Å². The van der Waals surface area contributed by atoms with Gasteiger partial charge in [-0.25, -0.2) is 15.6 Å². The Morgan fingerprint density at radius 3 is 2.58 bits per heavy atom. The van der Waals surface area contributed by atoms with E-state index in [1.54, 1.807) is 0 Å². The number of nitrogens with one attached hydrogen (secondary N) is 5. The number of methoxy groups -OCH3 is 1. The van der Waals surface area contributed by atoms with Crippen molar-refractivity contribution < 1.29 is 23.5 Å². The molecule has 0 aromatic rings. The van der Waals surface area contributed by atoms with Crippen LogP contribution in [0.4, 0.5) is 4.79 Å². The normalized spacial score (nSPS) is 13.2. The average Bonchev–Trinajstić information content (AvgIpc) is 2.37. The lowest BCUT2D eigenvalue weighted by atomic mass is 10.1. The van der Waals surface area contributed by atoms with Crippen molar-refractivity contribution in [2.24, 2.45) is 0 Å². The molecule has 0 fully saturated rings. The first-order valence-corrected chi connectivity index (χ1v) is 6.00. The molecule has 0 unspecified atom stereocenters. The van der Waals surface area contributed by atoms with E-state index in [4.69, 9.17) is 9.22 Å². The Balaban J connectivity index is 3.21. The summed E-state index contributed by atoms with van der Waals surface area (Å²) in [5, 5.41) is 8.45. The average molecular weight is 280 g/mol. The largest absolute Gasteiger partial charge is 0.481 e. The van der Waals surface area contributed by atoms with Gasteiger partial charge in [0.25, 0.3) is 0 Å². The van der Waals surface area contributed by atoms with Crippen molar-refractivity contribution in [3.63, 3.8) is 0 Å². The van der Waals surface area contributed by atoms with Crippen LogP contribution in [0.2, 0.25) is 0 Å². The Morgan fingerprint density at radius 1 is 1.11 bits per heavy atom. The highest BCUT2D eigenvalue weighted by atomic mass is 16.5. The Labute approximate surface area is 116 Å². The molecular formula is C10H23N5O4. The number of carbonyl (C=O) groups is 2. The molecule has 0 saturated carbocycles. The minimum atomic E-state index is -2.79. The summed E-state index contributed by atoms with van der Waals surface area (Å²) in [5.41, 5.74) is 11.8. The minimum absolute atomic E-state index is 0.215. The zero-order valence-electron chi connectivity index (χ0n) is 13.6. The summed E-state index contributed by atoms with van der Waals surface area (Å²) in [7, 11) is -2.79. The molecule has 0 bridgehead atoms. The highest BCUT2D eigenvalue weighted by molar-refractivity contribution is 5.66. The topological polar surface area (TPSA) is 124 Å². The van der Waals surface area contributed by atoms with Crippen LogP contribution in [-0.2, 0) is 9.53 Å². The van der Waals surface area contributed by atoms with E-state index in [1.165, 1.54) is 0 Å². The lowest BCUT2D eigenvalue weighted by Crippen LogP contribution is -2.56. The van der Waals surface area contributed by atoms with Crippen LogP contribution >= 0.6 is 0 Å². The maximum absolute atomic E-state index is 10.9. The molecule has 0 heterocycles. The minimum Gasteiger partial charge on any atom is -0.481 e. The van der Waals surface area contributed by atoms with E-state index in [0.717, 1.165) is 25.7 Å². The molecule has 0 saturated heterocycles. The third-order valence-corrected chi connectivity index (χ3v) is 2.16. The number of hydrogen-bond acceptors (Lipinski definition) is 7. The predicted molar refractivity (Wildman–Crippen MR) is 68.3 cm³/mol. The third kappa shape index (κ3) is 14.5. The summed E-state index contributed by atoms with van der Waals surface area (Å²) in [5.74, 6) is -0.763. The van der Waals surface area contributed by atoms with Gasteiger partial charge in [0.1, 0.15) is 0 Å². The molecule has 0 spiro atoms. The van der Waals surface area contributed by atoms with Crippen molar-refractivity contribution in [3.05, 3.63) is 0 Å². The van der Waals surface area contributed by atoms with Gasteiger partial charge in [-0.3, -0.25) is 4.79 Å². The second kappa shape index (κ2) is 13.0. The van der Waals surface area contributed by atoms with E-state index in [-0.39, 0.29) is 6.42 Å². The van der Waals surface area contributed by atoms with Gasteiger partial charge in [0, 0.05) is 13.0 Å². The summed E-state index contributed by atoms with van der Waals surface area (Å²) in [4.78, 5) is 21.2. The number of hydrazine groups is 4. The fourth-order valence-electron chi connectivity index (χ4n) is 1.27. The first-order chi connectivity index (χ1) is 10.3. The number of rotatable bonds is 12. The van der Waals surface area contributed by atoms with Gasteiger partial charge < -0.3 is 9.84 Å². The fraction of sp³-hybridized carbons (Fsp3) is 0.800. The third-order valence-electron chi connectivity index (χ3n) is 2.16. The van der Waals surface area contributed by atoms with Gasteiger partial charge in [-0.2, -0.15) is 16.6 Å². The van der Waals surface area contributed by atoms with Gasteiger partial charge in [-0.05, 0) is 12.8 Å². The Kier molecular flexibility index (Phi) is 8.64. The van der Waals surface area contributed by atoms with Gasteiger partial charge >= 0.3 is 12.1 Å². The maximum Gasteiger partial charge on any atom is 0.422 e. The molecule has 0 aliphatic rings. The van der Waals surface area contributed by atoms with Crippen molar-refractivity contribution in [3.8, 4) is 0 Å². The summed E-state index contributed by atoms with van der Waals surface area (Å²) in [6.07, 6.45) is 3.52. The van der Waals surface area contributed by atoms with E-state index < -0.39 is 19.1 Å². The van der Waals surface area contributed by atoms with Crippen LogP contribution in [-0.4, -0.2) is 30.8 Å². The van der Waals surface area contributed by atoms with Crippen molar-refractivity contribution in [2.75, 3.05) is 13.6 Å². The molecule has 9 nitrogen and oxygen atoms in total. The number of unbranched alkanes of at least 4 members (excludes halogenated alkanes) is 4. The number of carboxylic acid groups (broad SMARTS) is 1. The number of carboxylic acids is 1. The summed E-state index contributed by atoms with van der Waals surface area (Å²) < 4.78 is 24.1. The van der Waals surface area contributed by atoms with Crippen LogP contribution < -0.4 is 27.5 Å². The van der Waals surface area contributed by atoms with Crippen LogP contribution in [0.3, 0.4) is 0 Å². The number of aliphatic carboxylic acids is 1. The molecule has 0 atom stereocenters. The first kappa shape index (κ1) is 12.6. The lowest BCUT2D eigenvalue weighted by molar-refractivity contribution is -0.137. The molecule has 0 aliphatic heterocycles. The highest BCUT2D eigenvalue weighted by Gasteiger charge is 1.96. The summed E-state index contributed by atoms with van der Waals surface area (Å²) >= 11 is 0. The second-order valence-corrected chi connectivity index (χ2v) is 3.73. The lowest BCUT2D eigenvalue weighted by Gasteiger charge is -2.09. The number of ether oxygens (including phenoxy) is 1. The first-order valence-electron chi connectivity index (χ1n) is 7.50. The molecule has 9 heteroatoms. The van der Waals surface area contributed by atoms with Crippen LogP contribution in [0.25, 0.3) is 0 Å². The van der Waals surface area contributed by atoms with Crippen LogP contribution in [0.5, 0.6) is 0 Å². The highest BCUT2D eigenvalue weighted by Crippen LogP contribution is 2.04. The summed E-state index contributed by atoms with van der Waals surface area (Å²) in [6.45, 7) is 0.660. The van der Waals surface area contributed by atoms with Crippen molar-refractivity contribution in [2.45, 2.75) is 38.5 Å². The molecule has 0 aromatic heterocycles. The zero-order valence-corrected chi connectivity index (χ0v) is 10.6. The molecule has 6 N–H and O–H groups in total. The molecule has 0 rings (SSSR count). The Bertz CT molecular complexity index is 330. The molecule has 0 aliphatic carbocycles. The quantitative estimate of drug-likeness (QED) is 0.214. The van der Waals surface area contributed by atoms with E-state index in [0.29, 0.717) is 13.0 Å². The van der Waals surface area contributed by atoms with Gasteiger partial charge in [-0.1, -0.05) is 19.3 Å². The summed E-state index contributed by atoms with van der Waals surface area (Å²) in [6, 6.07) is 0. The number of amides is 1. The van der Waals surface area contributed by atoms with Crippen molar-refractivity contribution >= 4 is 12.1 Å².